The number of nitrogens with one attached hydrogen (secondary N) is 1. The monoisotopic (exact) mass is 374 g/mol. The minimum Gasteiger partial charge on any atom is -0.322 e. The predicted molar refractivity (Wildman–Crippen MR) is 96.9 cm³/mol. The van der Waals surface area contributed by atoms with Crippen molar-refractivity contribution >= 4 is 27.1 Å². The van der Waals surface area contributed by atoms with E-state index in [-0.39, 0.29) is 21.4 Å². The Morgan fingerprint density at radius 2 is 1.65 bits per heavy atom. The first-order valence-corrected chi connectivity index (χ1v) is 9.83. The van der Waals surface area contributed by atoms with Crippen LogP contribution in [0.25, 0.3) is 0 Å². The number of rotatable bonds is 5. The van der Waals surface area contributed by atoms with E-state index in [0.29, 0.717) is 18.5 Å². The van der Waals surface area contributed by atoms with Crippen LogP contribution < -0.4 is 5.32 Å². The lowest BCUT2D eigenvalue weighted by Gasteiger charge is -2.12. The molecule has 1 fully saturated rings. The minimum absolute atomic E-state index is 0.0554. The lowest BCUT2D eigenvalue weighted by molar-refractivity contribution is -0.385. The molecule has 0 radical (unpaired) electrons. The fourth-order valence-corrected chi connectivity index (χ4v) is 5.00. The van der Waals surface area contributed by atoms with Crippen molar-refractivity contribution in [2.45, 2.75) is 35.8 Å². The van der Waals surface area contributed by atoms with E-state index in [0.717, 1.165) is 12.8 Å². The summed E-state index contributed by atoms with van der Waals surface area (Å²) in [6.45, 7) is 0. The number of nitro groups is 1. The second-order valence-corrected chi connectivity index (χ2v) is 8.43. The Kier molecular flexibility index (Phi) is 5.03. The number of nitrogens with zero attached hydrogens (tertiary/aromatic N) is 1. The van der Waals surface area contributed by atoms with E-state index >= 15 is 0 Å². The number of carbonyl (C=O) groups is 1. The summed E-state index contributed by atoms with van der Waals surface area (Å²) in [6.07, 6.45) is 3.21. The summed E-state index contributed by atoms with van der Waals surface area (Å²) in [5, 5.41) is 13.2. The van der Waals surface area contributed by atoms with Crippen molar-refractivity contribution < 1.29 is 18.1 Å². The fraction of sp³-hybridized carbons (Fsp3) is 0.278. The summed E-state index contributed by atoms with van der Waals surface area (Å²) in [6, 6.07) is 11.6. The van der Waals surface area contributed by atoms with Crippen LogP contribution in [0.2, 0.25) is 0 Å². The largest absolute Gasteiger partial charge is 0.322 e. The van der Waals surface area contributed by atoms with E-state index < -0.39 is 20.7 Å². The predicted octanol–water partition coefficient (Wildman–Crippen LogP) is 3.56. The van der Waals surface area contributed by atoms with Gasteiger partial charge in [0.2, 0.25) is 0 Å². The molecule has 1 aliphatic rings. The molecule has 0 heterocycles. The van der Waals surface area contributed by atoms with Gasteiger partial charge in [0.15, 0.2) is 9.84 Å². The number of anilines is 1. The highest BCUT2D eigenvalue weighted by atomic mass is 32.2. The van der Waals surface area contributed by atoms with Crippen LogP contribution in [0.3, 0.4) is 0 Å². The van der Waals surface area contributed by atoms with Gasteiger partial charge >= 0.3 is 0 Å². The molecule has 0 atom stereocenters. The normalized spacial score (nSPS) is 14.9. The molecule has 1 aliphatic carbocycles. The first-order valence-electron chi connectivity index (χ1n) is 8.28. The van der Waals surface area contributed by atoms with E-state index in [2.05, 4.69) is 5.32 Å². The lowest BCUT2D eigenvalue weighted by atomic mass is 10.1. The van der Waals surface area contributed by atoms with Gasteiger partial charge in [-0.25, -0.2) is 8.42 Å². The second kappa shape index (κ2) is 7.25. The minimum atomic E-state index is -3.36. The number of carbonyl (C=O) groups excluding carboxylic acids is 1. The SMILES string of the molecule is O=C(Nc1ccc(S(=O)(=O)C2CCCC2)cc1)c1ccccc1[N+](=O)[O-]. The molecule has 1 N–H and O–H groups in total. The number of benzene rings is 2. The summed E-state index contributed by atoms with van der Waals surface area (Å²) >= 11 is 0. The molecule has 1 amide bonds. The summed E-state index contributed by atoms with van der Waals surface area (Å²) in [4.78, 5) is 22.9. The van der Waals surface area contributed by atoms with Gasteiger partial charge in [-0.1, -0.05) is 25.0 Å². The number of para-hydroxylation sites is 1. The molecule has 2 aromatic carbocycles. The van der Waals surface area contributed by atoms with Crippen LogP contribution in [0.1, 0.15) is 36.0 Å². The van der Waals surface area contributed by atoms with Crippen molar-refractivity contribution in [3.8, 4) is 0 Å². The topological polar surface area (TPSA) is 106 Å². The van der Waals surface area contributed by atoms with Crippen molar-refractivity contribution in [3.05, 3.63) is 64.2 Å². The molecule has 0 bridgehead atoms. The van der Waals surface area contributed by atoms with Crippen molar-refractivity contribution in [2.75, 3.05) is 5.32 Å². The van der Waals surface area contributed by atoms with Crippen LogP contribution in [0.4, 0.5) is 11.4 Å². The molecule has 136 valence electrons. The zero-order chi connectivity index (χ0) is 18.7. The third kappa shape index (κ3) is 3.60. The lowest BCUT2D eigenvalue weighted by Crippen LogP contribution is -2.18. The van der Waals surface area contributed by atoms with Crippen molar-refractivity contribution in [1.82, 2.24) is 0 Å². The Balaban J connectivity index is 1.78. The Hall–Kier alpha value is -2.74. The van der Waals surface area contributed by atoms with Gasteiger partial charge in [0.1, 0.15) is 5.56 Å². The molecule has 0 aromatic heterocycles. The maximum Gasteiger partial charge on any atom is 0.282 e. The molecule has 26 heavy (non-hydrogen) atoms. The zero-order valence-corrected chi connectivity index (χ0v) is 14.7. The molecule has 1 saturated carbocycles. The smallest absolute Gasteiger partial charge is 0.282 e. The van der Waals surface area contributed by atoms with Gasteiger partial charge in [-0.05, 0) is 43.2 Å². The number of amides is 1. The molecule has 3 rings (SSSR count). The van der Waals surface area contributed by atoms with E-state index in [1.807, 2.05) is 0 Å². The Bertz CT molecular complexity index is 932. The van der Waals surface area contributed by atoms with Crippen molar-refractivity contribution in [2.24, 2.45) is 0 Å². The summed E-state index contributed by atoms with van der Waals surface area (Å²) < 4.78 is 25.1. The van der Waals surface area contributed by atoms with Crippen LogP contribution in [-0.2, 0) is 9.84 Å². The van der Waals surface area contributed by atoms with Crippen LogP contribution in [0.5, 0.6) is 0 Å². The summed E-state index contributed by atoms with van der Waals surface area (Å²) in [7, 11) is -3.36. The van der Waals surface area contributed by atoms with E-state index in [1.165, 1.54) is 42.5 Å². The molecular formula is C18H18N2O5S. The Morgan fingerprint density at radius 1 is 1.04 bits per heavy atom. The highest BCUT2D eigenvalue weighted by molar-refractivity contribution is 7.92. The van der Waals surface area contributed by atoms with Crippen LogP contribution in [0, 0.1) is 10.1 Å². The number of hydrogen-bond donors (Lipinski definition) is 1. The average molecular weight is 374 g/mol. The summed E-state index contributed by atoms with van der Waals surface area (Å²) in [5.41, 5.74) is 0.0316. The molecule has 2 aromatic rings. The number of sulfone groups is 1. The maximum absolute atomic E-state index is 12.5. The van der Waals surface area contributed by atoms with Crippen LogP contribution in [-0.4, -0.2) is 24.5 Å². The van der Waals surface area contributed by atoms with Crippen molar-refractivity contribution in [1.29, 1.82) is 0 Å². The van der Waals surface area contributed by atoms with Gasteiger partial charge in [0, 0.05) is 11.8 Å². The first-order chi connectivity index (χ1) is 12.4. The second-order valence-electron chi connectivity index (χ2n) is 6.20. The highest BCUT2D eigenvalue weighted by Crippen LogP contribution is 2.30. The fourth-order valence-electron chi connectivity index (χ4n) is 3.14. The quantitative estimate of drug-likeness (QED) is 0.636. The van der Waals surface area contributed by atoms with Crippen LogP contribution in [0.15, 0.2) is 53.4 Å². The van der Waals surface area contributed by atoms with E-state index in [4.69, 9.17) is 0 Å². The number of nitro benzene ring substituents is 1. The Morgan fingerprint density at radius 3 is 2.27 bits per heavy atom. The zero-order valence-electron chi connectivity index (χ0n) is 13.9. The van der Waals surface area contributed by atoms with Gasteiger partial charge < -0.3 is 5.32 Å². The average Bonchev–Trinajstić information content (AvgIpc) is 3.17. The standard InChI is InChI=1S/C18H18N2O5S/c21-18(16-7-3-4-8-17(16)20(22)23)19-13-9-11-15(12-10-13)26(24,25)14-5-1-2-6-14/h3-4,7-12,14H,1-2,5-6H2,(H,19,21). The van der Waals surface area contributed by atoms with Gasteiger partial charge in [-0.15, -0.1) is 0 Å². The maximum atomic E-state index is 12.5. The highest BCUT2D eigenvalue weighted by Gasteiger charge is 2.30. The van der Waals surface area contributed by atoms with E-state index in [9.17, 15) is 23.3 Å². The van der Waals surface area contributed by atoms with Crippen molar-refractivity contribution in [3.63, 3.8) is 0 Å². The third-order valence-corrected chi connectivity index (χ3v) is 6.81. The number of hydrogen-bond acceptors (Lipinski definition) is 5. The Labute approximate surface area is 151 Å². The van der Waals surface area contributed by atoms with Gasteiger partial charge in [-0.2, -0.15) is 0 Å². The molecule has 7 nitrogen and oxygen atoms in total. The molecule has 0 spiro atoms. The molecule has 0 saturated heterocycles. The van der Waals surface area contributed by atoms with Gasteiger partial charge in [0.05, 0.1) is 15.1 Å². The van der Waals surface area contributed by atoms with Gasteiger partial charge in [-0.3, -0.25) is 14.9 Å². The van der Waals surface area contributed by atoms with Gasteiger partial charge in [0.25, 0.3) is 11.6 Å². The molecule has 8 heteroatoms. The molecule has 0 unspecified atom stereocenters. The van der Waals surface area contributed by atoms with Crippen LogP contribution >= 0.6 is 0 Å². The van der Waals surface area contributed by atoms with E-state index in [1.54, 1.807) is 6.07 Å². The molecular weight excluding hydrogens is 356 g/mol. The summed E-state index contributed by atoms with van der Waals surface area (Å²) in [5.74, 6) is -0.622. The first kappa shape index (κ1) is 18.1. The molecule has 0 aliphatic heterocycles. The third-order valence-electron chi connectivity index (χ3n) is 4.53.